The minimum atomic E-state index is 0.0151. The number of rotatable bonds is 1. The number of benzene rings is 1. The number of aromatic nitrogens is 1. The molecule has 1 aromatic heterocycles. The summed E-state index contributed by atoms with van der Waals surface area (Å²) in [5.74, 6) is 0.682. The number of hydrogen-bond donors (Lipinski definition) is 1. The van der Waals surface area contributed by atoms with Gasteiger partial charge in [0, 0.05) is 11.6 Å². The first-order chi connectivity index (χ1) is 8.33. The fraction of sp³-hybridized carbons (Fsp3) is 0.0769. The molecule has 0 aliphatic carbocycles. The van der Waals surface area contributed by atoms with Crippen molar-refractivity contribution in [3.05, 3.63) is 47.0 Å². The highest BCUT2D eigenvalue weighted by Gasteiger charge is 2.16. The fourth-order valence-corrected chi connectivity index (χ4v) is 2.56. The zero-order valence-corrected chi connectivity index (χ0v) is 9.83. The molecular formula is C13H10N2OS. The van der Waals surface area contributed by atoms with Crippen LogP contribution in [0, 0.1) is 0 Å². The van der Waals surface area contributed by atoms with Gasteiger partial charge in [-0.15, -0.1) is 0 Å². The minimum Gasteiger partial charge on any atom is -0.342 e. The second kappa shape index (κ2) is 4.22. The van der Waals surface area contributed by atoms with Crippen LogP contribution in [-0.2, 0) is 4.79 Å². The van der Waals surface area contributed by atoms with Gasteiger partial charge in [0.15, 0.2) is 0 Å². The zero-order chi connectivity index (χ0) is 11.7. The van der Waals surface area contributed by atoms with Gasteiger partial charge in [0.25, 0.3) is 5.91 Å². The first-order valence-corrected chi connectivity index (χ1v) is 6.29. The van der Waals surface area contributed by atoms with Crippen molar-refractivity contribution in [3.8, 4) is 0 Å². The molecule has 1 aliphatic heterocycles. The molecule has 1 amide bonds. The summed E-state index contributed by atoms with van der Waals surface area (Å²) < 4.78 is 0. The van der Waals surface area contributed by atoms with Crippen molar-refractivity contribution < 1.29 is 4.79 Å². The van der Waals surface area contributed by atoms with E-state index < -0.39 is 0 Å². The maximum Gasteiger partial charge on any atom is 0.258 e. The summed E-state index contributed by atoms with van der Waals surface area (Å²) in [7, 11) is 0. The van der Waals surface area contributed by atoms with Gasteiger partial charge in [-0.25, -0.2) is 0 Å². The molecule has 84 valence electrons. The summed E-state index contributed by atoms with van der Waals surface area (Å²) in [6.07, 6.45) is 3.69. The topological polar surface area (TPSA) is 42.0 Å². The van der Waals surface area contributed by atoms with Crippen LogP contribution in [0.25, 0.3) is 17.0 Å². The van der Waals surface area contributed by atoms with E-state index in [4.69, 9.17) is 0 Å². The Labute approximate surface area is 103 Å². The lowest BCUT2D eigenvalue weighted by molar-refractivity contribution is -0.116. The summed E-state index contributed by atoms with van der Waals surface area (Å²) in [5, 5.41) is 3.86. The number of carbonyl (C=O) groups excluding carboxylic acids is 1. The van der Waals surface area contributed by atoms with E-state index in [-0.39, 0.29) is 5.91 Å². The van der Waals surface area contributed by atoms with E-state index in [1.165, 1.54) is 11.8 Å². The van der Waals surface area contributed by atoms with E-state index >= 15 is 0 Å². The van der Waals surface area contributed by atoms with Crippen molar-refractivity contribution in [2.75, 3.05) is 5.88 Å². The molecule has 0 saturated carbocycles. The van der Waals surface area contributed by atoms with Crippen LogP contribution in [0.5, 0.6) is 0 Å². The number of nitrogens with zero attached hydrogens (tertiary/aromatic N) is 1. The minimum absolute atomic E-state index is 0.0151. The molecule has 1 fully saturated rings. The predicted molar refractivity (Wildman–Crippen MR) is 70.3 cm³/mol. The van der Waals surface area contributed by atoms with E-state index in [2.05, 4.69) is 10.3 Å². The van der Waals surface area contributed by atoms with Gasteiger partial charge in [-0.05, 0) is 29.8 Å². The van der Waals surface area contributed by atoms with E-state index in [9.17, 15) is 4.79 Å². The maximum atomic E-state index is 11.4. The van der Waals surface area contributed by atoms with Gasteiger partial charge >= 0.3 is 0 Å². The van der Waals surface area contributed by atoms with E-state index in [0.29, 0.717) is 5.88 Å². The van der Waals surface area contributed by atoms with Gasteiger partial charge in [-0.3, -0.25) is 9.78 Å². The summed E-state index contributed by atoms with van der Waals surface area (Å²) in [6.45, 7) is 0. The SMILES string of the molecule is O=C1NCSC1=Cc1ccc2ncccc2c1. The Bertz CT molecular complexity index is 622. The van der Waals surface area contributed by atoms with Gasteiger partial charge in [-0.2, -0.15) is 0 Å². The first-order valence-electron chi connectivity index (χ1n) is 5.30. The molecule has 2 aromatic rings. The van der Waals surface area contributed by atoms with Crippen molar-refractivity contribution in [2.45, 2.75) is 0 Å². The Hall–Kier alpha value is -1.81. The van der Waals surface area contributed by atoms with Crippen molar-refractivity contribution in [3.63, 3.8) is 0 Å². The largest absolute Gasteiger partial charge is 0.342 e. The van der Waals surface area contributed by atoms with E-state index in [1.54, 1.807) is 6.20 Å². The van der Waals surface area contributed by atoms with Crippen LogP contribution in [0.2, 0.25) is 0 Å². The smallest absolute Gasteiger partial charge is 0.258 e. The first kappa shape index (κ1) is 10.4. The Morgan fingerprint density at radius 3 is 3.12 bits per heavy atom. The highest BCUT2D eigenvalue weighted by molar-refractivity contribution is 8.04. The molecule has 3 rings (SSSR count). The van der Waals surface area contributed by atoms with Crippen molar-refractivity contribution in [2.24, 2.45) is 0 Å². The van der Waals surface area contributed by atoms with Gasteiger partial charge in [-0.1, -0.05) is 23.9 Å². The predicted octanol–water partition coefficient (Wildman–Crippen LogP) is 2.40. The molecule has 1 N–H and O–H groups in total. The lowest BCUT2D eigenvalue weighted by atomic mass is 10.1. The van der Waals surface area contributed by atoms with E-state index in [1.807, 2.05) is 36.4 Å². The number of hydrogen-bond acceptors (Lipinski definition) is 3. The van der Waals surface area contributed by atoms with Gasteiger partial charge in [0.05, 0.1) is 16.3 Å². The second-order valence-electron chi connectivity index (χ2n) is 3.76. The summed E-state index contributed by atoms with van der Waals surface area (Å²) in [6, 6.07) is 9.93. The van der Waals surface area contributed by atoms with Gasteiger partial charge in [0.2, 0.25) is 0 Å². The van der Waals surface area contributed by atoms with Crippen molar-refractivity contribution >= 4 is 34.6 Å². The average molecular weight is 242 g/mol. The van der Waals surface area contributed by atoms with Crippen LogP contribution in [-0.4, -0.2) is 16.8 Å². The molecule has 0 radical (unpaired) electrons. The van der Waals surface area contributed by atoms with Gasteiger partial charge < -0.3 is 5.32 Å². The number of carbonyl (C=O) groups is 1. The number of thioether (sulfide) groups is 1. The molecule has 0 unspecified atom stereocenters. The Morgan fingerprint density at radius 1 is 1.35 bits per heavy atom. The molecule has 0 spiro atoms. The molecule has 17 heavy (non-hydrogen) atoms. The maximum absolute atomic E-state index is 11.4. The normalized spacial score (nSPS) is 17.6. The molecule has 1 aromatic carbocycles. The van der Waals surface area contributed by atoms with Crippen LogP contribution in [0.1, 0.15) is 5.56 Å². The number of fused-ring (bicyclic) bond motifs is 1. The third-order valence-corrected chi connectivity index (χ3v) is 3.51. The number of amides is 1. The molecule has 0 atom stereocenters. The monoisotopic (exact) mass is 242 g/mol. The molecule has 3 nitrogen and oxygen atoms in total. The highest BCUT2D eigenvalue weighted by atomic mass is 32.2. The molecule has 4 heteroatoms. The van der Waals surface area contributed by atoms with E-state index in [0.717, 1.165) is 21.4 Å². The zero-order valence-electron chi connectivity index (χ0n) is 9.01. The third kappa shape index (κ3) is 2.03. The Balaban J connectivity index is 2.04. The molecular weight excluding hydrogens is 232 g/mol. The summed E-state index contributed by atoms with van der Waals surface area (Å²) in [4.78, 5) is 16.5. The number of nitrogens with one attached hydrogen (secondary N) is 1. The van der Waals surface area contributed by atoms with Crippen LogP contribution >= 0.6 is 11.8 Å². The van der Waals surface area contributed by atoms with Crippen LogP contribution in [0.4, 0.5) is 0 Å². The lowest BCUT2D eigenvalue weighted by Gasteiger charge is -1.99. The molecule has 1 saturated heterocycles. The van der Waals surface area contributed by atoms with Crippen LogP contribution in [0.3, 0.4) is 0 Å². The summed E-state index contributed by atoms with van der Waals surface area (Å²) in [5.41, 5.74) is 2.00. The standard InChI is InChI=1S/C13H10N2OS/c16-13-12(17-8-15-13)7-9-3-4-11-10(6-9)2-1-5-14-11/h1-7H,8H2,(H,15,16). The highest BCUT2D eigenvalue weighted by Crippen LogP contribution is 2.24. The molecule has 1 aliphatic rings. The van der Waals surface area contributed by atoms with Crippen molar-refractivity contribution in [1.29, 1.82) is 0 Å². The third-order valence-electron chi connectivity index (χ3n) is 2.61. The average Bonchev–Trinajstić information content (AvgIpc) is 2.75. The second-order valence-corrected chi connectivity index (χ2v) is 4.78. The van der Waals surface area contributed by atoms with Gasteiger partial charge in [0.1, 0.15) is 0 Å². The van der Waals surface area contributed by atoms with Crippen LogP contribution in [0.15, 0.2) is 41.4 Å². The molecule has 0 bridgehead atoms. The lowest BCUT2D eigenvalue weighted by Crippen LogP contribution is -2.13. The Morgan fingerprint density at radius 2 is 2.29 bits per heavy atom. The van der Waals surface area contributed by atoms with Crippen LogP contribution < -0.4 is 5.32 Å². The quantitative estimate of drug-likeness (QED) is 0.781. The molecule has 2 heterocycles. The fourth-order valence-electron chi connectivity index (χ4n) is 1.77. The Kier molecular flexibility index (Phi) is 2.57. The summed E-state index contributed by atoms with van der Waals surface area (Å²) >= 11 is 1.54. The van der Waals surface area contributed by atoms with Crippen molar-refractivity contribution in [1.82, 2.24) is 10.3 Å². The number of pyridine rings is 1.